The van der Waals surface area contributed by atoms with E-state index in [1.54, 1.807) is 11.0 Å². The summed E-state index contributed by atoms with van der Waals surface area (Å²) in [5, 5.41) is 5.32. The highest BCUT2D eigenvalue weighted by molar-refractivity contribution is 6.42. The summed E-state index contributed by atoms with van der Waals surface area (Å²) >= 11 is 12.0. The molecule has 156 valence electrons. The number of piperazine rings is 1. The molecule has 0 N–H and O–H groups in total. The van der Waals surface area contributed by atoms with Crippen LogP contribution in [0.25, 0.3) is 0 Å². The van der Waals surface area contributed by atoms with Crippen LogP contribution in [-0.2, 0) is 17.9 Å². The van der Waals surface area contributed by atoms with Crippen LogP contribution in [0.2, 0.25) is 10.0 Å². The molecule has 1 amide bonds. The quantitative estimate of drug-likeness (QED) is 0.667. The number of benzene rings is 1. The molecular formula is C20H22Cl2F2N4O. The minimum atomic E-state index is -2.63. The monoisotopic (exact) mass is 442 g/mol. The molecule has 1 saturated heterocycles. The number of rotatable bonds is 6. The zero-order chi connectivity index (χ0) is 20.5. The summed E-state index contributed by atoms with van der Waals surface area (Å²) in [5.41, 5.74) is 1.57. The van der Waals surface area contributed by atoms with Crippen LogP contribution < -0.4 is 0 Å². The van der Waals surface area contributed by atoms with Crippen LogP contribution in [0.15, 0.2) is 24.3 Å². The molecule has 0 atom stereocenters. The van der Waals surface area contributed by atoms with E-state index in [1.807, 2.05) is 12.1 Å². The third-order valence-corrected chi connectivity index (χ3v) is 6.19. The van der Waals surface area contributed by atoms with Crippen molar-refractivity contribution in [2.45, 2.75) is 38.3 Å². The molecule has 1 aromatic heterocycles. The number of halogens is 4. The van der Waals surface area contributed by atoms with E-state index < -0.39 is 6.43 Å². The Hall–Kier alpha value is -1.70. The Balaban J connectivity index is 1.33. The number of alkyl halides is 2. The van der Waals surface area contributed by atoms with Gasteiger partial charge < -0.3 is 4.90 Å². The molecule has 0 radical (unpaired) electrons. The number of hydrogen-bond acceptors (Lipinski definition) is 3. The lowest BCUT2D eigenvalue weighted by molar-refractivity contribution is -0.134. The van der Waals surface area contributed by atoms with Gasteiger partial charge in [0, 0.05) is 38.6 Å². The molecule has 1 aromatic carbocycles. The highest BCUT2D eigenvalue weighted by atomic mass is 35.5. The molecule has 5 nitrogen and oxygen atoms in total. The zero-order valence-corrected chi connectivity index (χ0v) is 17.3. The molecule has 2 heterocycles. The maximum atomic E-state index is 13.3. The second-order valence-corrected chi connectivity index (χ2v) is 8.45. The van der Waals surface area contributed by atoms with Crippen LogP contribution in [0.3, 0.4) is 0 Å². The molecule has 29 heavy (non-hydrogen) atoms. The van der Waals surface area contributed by atoms with Crippen LogP contribution in [0.5, 0.6) is 0 Å². The number of carbonyl (C=O) groups is 1. The summed E-state index contributed by atoms with van der Waals surface area (Å²) in [6.07, 6.45) is -0.672. The summed E-state index contributed by atoms with van der Waals surface area (Å²) < 4.78 is 27.8. The molecule has 0 unspecified atom stereocenters. The third kappa shape index (κ3) is 4.90. The summed E-state index contributed by atoms with van der Waals surface area (Å²) in [7, 11) is 0. The maximum absolute atomic E-state index is 13.3. The van der Waals surface area contributed by atoms with Gasteiger partial charge in [0.25, 0.3) is 6.43 Å². The molecule has 2 aliphatic rings. The van der Waals surface area contributed by atoms with Crippen molar-refractivity contribution in [3.8, 4) is 0 Å². The molecule has 1 aliphatic carbocycles. The average molecular weight is 443 g/mol. The Kier molecular flexibility index (Phi) is 6.08. The minimum Gasteiger partial charge on any atom is -0.339 e. The summed E-state index contributed by atoms with van der Waals surface area (Å²) in [6, 6.07) is 7.01. The Morgan fingerprint density at radius 2 is 1.83 bits per heavy atom. The van der Waals surface area contributed by atoms with Gasteiger partial charge in [0.05, 0.1) is 15.7 Å². The van der Waals surface area contributed by atoms with Gasteiger partial charge in [0.1, 0.15) is 12.2 Å². The van der Waals surface area contributed by atoms with Gasteiger partial charge in [-0.1, -0.05) is 29.3 Å². The van der Waals surface area contributed by atoms with Crippen LogP contribution in [0.1, 0.15) is 42.1 Å². The van der Waals surface area contributed by atoms with Gasteiger partial charge in [-0.15, -0.1) is 0 Å². The smallest absolute Gasteiger partial charge is 0.280 e. The van der Waals surface area contributed by atoms with Crippen molar-refractivity contribution in [2.24, 2.45) is 0 Å². The largest absolute Gasteiger partial charge is 0.339 e. The molecule has 0 spiro atoms. The molecule has 9 heteroatoms. The highest BCUT2D eigenvalue weighted by Gasteiger charge is 2.30. The van der Waals surface area contributed by atoms with Crippen LogP contribution in [0.4, 0.5) is 8.78 Å². The maximum Gasteiger partial charge on any atom is 0.280 e. The predicted octanol–water partition coefficient (Wildman–Crippen LogP) is 4.35. The first-order valence-electron chi connectivity index (χ1n) is 9.70. The number of aromatic nitrogens is 2. The van der Waals surface area contributed by atoms with Crippen LogP contribution in [-0.4, -0.2) is 51.7 Å². The second kappa shape index (κ2) is 8.58. The first kappa shape index (κ1) is 20.6. The van der Waals surface area contributed by atoms with Gasteiger partial charge in [0.2, 0.25) is 5.91 Å². The van der Waals surface area contributed by atoms with Gasteiger partial charge >= 0.3 is 0 Å². The van der Waals surface area contributed by atoms with E-state index in [-0.39, 0.29) is 24.1 Å². The molecule has 0 bridgehead atoms. The van der Waals surface area contributed by atoms with Gasteiger partial charge in [-0.2, -0.15) is 5.10 Å². The fourth-order valence-corrected chi connectivity index (χ4v) is 3.93. The van der Waals surface area contributed by atoms with Crippen molar-refractivity contribution in [3.05, 3.63) is 51.3 Å². The van der Waals surface area contributed by atoms with E-state index in [9.17, 15) is 13.6 Å². The first-order valence-corrected chi connectivity index (χ1v) is 10.5. The van der Waals surface area contributed by atoms with E-state index >= 15 is 0 Å². The Morgan fingerprint density at radius 3 is 2.45 bits per heavy atom. The topological polar surface area (TPSA) is 41.4 Å². The van der Waals surface area contributed by atoms with Crippen molar-refractivity contribution in [1.29, 1.82) is 0 Å². The molecule has 1 aliphatic heterocycles. The molecule has 2 aromatic rings. The lowest BCUT2D eigenvalue weighted by Gasteiger charge is -2.34. The lowest BCUT2D eigenvalue weighted by Crippen LogP contribution is -2.49. The van der Waals surface area contributed by atoms with Gasteiger partial charge in [-0.05, 0) is 36.6 Å². The Morgan fingerprint density at radius 1 is 1.10 bits per heavy atom. The number of hydrogen-bond donors (Lipinski definition) is 0. The van der Waals surface area contributed by atoms with E-state index in [2.05, 4.69) is 10.00 Å². The Labute approximate surface area is 178 Å². The van der Waals surface area contributed by atoms with E-state index in [0.717, 1.165) is 24.9 Å². The van der Waals surface area contributed by atoms with Crippen molar-refractivity contribution >= 4 is 29.1 Å². The highest BCUT2D eigenvalue weighted by Crippen LogP contribution is 2.40. The molecule has 2 fully saturated rings. The van der Waals surface area contributed by atoms with E-state index in [0.29, 0.717) is 41.9 Å². The summed E-state index contributed by atoms with van der Waals surface area (Å²) in [4.78, 5) is 16.6. The summed E-state index contributed by atoms with van der Waals surface area (Å²) in [6.45, 7) is 3.11. The fraction of sp³-hybridized carbons (Fsp3) is 0.500. The van der Waals surface area contributed by atoms with Crippen molar-refractivity contribution < 1.29 is 13.6 Å². The van der Waals surface area contributed by atoms with Crippen LogP contribution in [0, 0.1) is 0 Å². The van der Waals surface area contributed by atoms with Gasteiger partial charge in [-0.3, -0.25) is 14.4 Å². The number of nitrogens with zero attached hydrogens (tertiary/aromatic N) is 4. The third-order valence-electron chi connectivity index (χ3n) is 5.45. The van der Waals surface area contributed by atoms with Crippen molar-refractivity contribution in [2.75, 3.05) is 26.2 Å². The van der Waals surface area contributed by atoms with Gasteiger partial charge in [-0.25, -0.2) is 8.78 Å². The minimum absolute atomic E-state index is 0.140. The second-order valence-electron chi connectivity index (χ2n) is 7.63. The van der Waals surface area contributed by atoms with Gasteiger partial charge in [0.15, 0.2) is 0 Å². The van der Waals surface area contributed by atoms with E-state index in [4.69, 9.17) is 23.2 Å². The van der Waals surface area contributed by atoms with Crippen molar-refractivity contribution in [1.82, 2.24) is 19.6 Å². The van der Waals surface area contributed by atoms with Crippen LogP contribution >= 0.6 is 23.2 Å². The normalized spacial score (nSPS) is 17.9. The number of amides is 1. The number of carbonyl (C=O) groups excluding carboxylic acids is 1. The molecular weight excluding hydrogens is 421 g/mol. The molecule has 1 saturated carbocycles. The Bertz CT molecular complexity index is 893. The summed E-state index contributed by atoms with van der Waals surface area (Å²) in [5.74, 6) is 0.0975. The lowest BCUT2D eigenvalue weighted by atomic mass is 10.2. The standard InChI is InChI=1S/C20H22Cl2F2N4O/c21-15-4-1-13(9-16(15)22)11-26-5-7-27(8-6-26)19(29)12-28-18(20(23)24)10-17(25-28)14-2-3-14/h1,4,9-10,14,20H,2-3,5-8,11-12H2. The predicted molar refractivity (Wildman–Crippen MR) is 107 cm³/mol. The fourth-order valence-electron chi connectivity index (χ4n) is 3.61. The first-order chi connectivity index (χ1) is 13.9. The SMILES string of the molecule is O=C(Cn1nc(C2CC2)cc1C(F)F)N1CCN(Cc2ccc(Cl)c(Cl)c2)CC1. The zero-order valence-electron chi connectivity index (χ0n) is 15.8. The molecule has 4 rings (SSSR count). The van der Waals surface area contributed by atoms with E-state index in [1.165, 1.54) is 10.7 Å². The average Bonchev–Trinajstić information content (AvgIpc) is 3.46. The van der Waals surface area contributed by atoms with Crippen molar-refractivity contribution in [3.63, 3.8) is 0 Å².